The highest BCUT2D eigenvalue weighted by atomic mass is 32.2. The van der Waals surface area contributed by atoms with Crippen molar-refractivity contribution < 1.29 is 35.8 Å². The SMILES string of the molecule is CN1c2cc3c(cc2C(CS(=O)(=O)O)=CC1(C)C)C(c1ccccc1C(=O)O)=c1cc2c(cc1C3(C)C)=[N+](C)C(C)(C)C=C2CS(=O)(=O)O. The molecule has 10 nitrogen and oxygen atoms in total. The second-order valence-corrected chi connectivity index (χ2v) is 17.8. The van der Waals surface area contributed by atoms with Gasteiger partial charge in [-0.3, -0.25) is 9.11 Å². The van der Waals surface area contributed by atoms with Crippen molar-refractivity contribution in [3.05, 3.63) is 110 Å². The molecule has 0 spiro atoms. The van der Waals surface area contributed by atoms with Crippen LogP contribution in [-0.4, -0.2) is 73.7 Å². The topological polar surface area (TPSA) is 152 Å². The summed E-state index contributed by atoms with van der Waals surface area (Å²) in [5.74, 6) is -2.33. The fourth-order valence-electron chi connectivity index (χ4n) is 7.62. The first-order chi connectivity index (χ1) is 22.4. The average Bonchev–Trinajstić information content (AvgIpc) is 2.96. The largest absolute Gasteiger partial charge is 0.478 e. The van der Waals surface area contributed by atoms with Gasteiger partial charge in [-0.15, -0.1) is 0 Å². The first-order valence-corrected chi connectivity index (χ1v) is 19.0. The Balaban J connectivity index is 1.84. The van der Waals surface area contributed by atoms with Crippen molar-refractivity contribution in [1.82, 2.24) is 4.58 Å². The lowest BCUT2D eigenvalue weighted by Gasteiger charge is -2.43. The van der Waals surface area contributed by atoms with Crippen molar-refractivity contribution in [2.75, 3.05) is 30.5 Å². The molecule has 0 bridgehead atoms. The van der Waals surface area contributed by atoms with Gasteiger partial charge in [-0.05, 0) is 88.4 Å². The van der Waals surface area contributed by atoms with Gasteiger partial charge in [-0.25, -0.2) is 9.37 Å². The fraction of sp³-hybridized carbons (Fsp3) is 0.351. The lowest BCUT2D eigenvalue weighted by molar-refractivity contribution is 0.0696. The summed E-state index contributed by atoms with van der Waals surface area (Å²) in [6.07, 6.45) is 3.64. The van der Waals surface area contributed by atoms with E-state index in [1.165, 1.54) is 6.07 Å². The predicted octanol–water partition coefficient (Wildman–Crippen LogP) is 3.96. The summed E-state index contributed by atoms with van der Waals surface area (Å²) in [5, 5.41) is 11.8. The molecule has 3 N–H and O–H groups in total. The molecule has 0 amide bonds. The Morgan fingerprint density at radius 3 is 1.96 bits per heavy atom. The zero-order chi connectivity index (χ0) is 36.2. The second kappa shape index (κ2) is 10.9. The Labute approximate surface area is 286 Å². The molecule has 12 heteroatoms. The van der Waals surface area contributed by atoms with E-state index >= 15 is 0 Å². The number of nitrogens with zero attached hydrogens (tertiary/aromatic N) is 2. The van der Waals surface area contributed by atoms with Crippen molar-refractivity contribution in [3.63, 3.8) is 0 Å². The van der Waals surface area contributed by atoms with Gasteiger partial charge in [0.25, 0.3) is 20.2 Å². The van der Waals surface area contributed by atoms with E-state index < -0.39 is 54.2 Å². The van der Waals surface area contributed by atoms with E-state index in [0.29, 0.717) is 44.2 Å². The van der Waals surface area contributed by atoms with Crippen LogP contribution >= 0.6 is 0 Å². The fourth-order valence-corrected chi connectivity index (χ4v) is 8.88. The Kier molecular flexibility index (Phi) is 7.77. The summed E-state index contributed by atoms with van der Waals surface area (Å²) in [6.45, 7) is 12.0. The number of benzene rings is 3. The number of fused-ring (bicyclic) bond motifs is 4. The van der Waals surface area contributed by atoms with Crippen LogP contribution < -0.4 is 20.1 Å². The standard InChI is InChI=1S/C37H40N2O8S2/c1-35(2)17-21(19-48(42,43)44)25-13-27-29(15-31(25)38(35)7)37(5,6)30-16-32-26(22(20-49(45,46)47)18-36(3,4)39(32)8)14-28(30)33(27)23-11-9-10-12-24(23)34(40)41/h9-18H,19-20H2,1-8H3,(H2-,40,41,42,43,44,45,46,47)/p+1. The number of aromatic carboxylic acids is 1. The van der Waals surface area contributed by atoms with Gasteiger partial charge in [-0.1, -0.05) is 38.1 Å². The molecule has 2 heterocycles. The highest BCUT2D eigenvalue weighted by Crippen LogP contribution is 2.47. The monoisotopic (exact) mass is 705 g/mol. The van der Waals surface area contributed by atoms with Gasteiger partial charge in [0.2, 0.25) is 5.36 Å². The van der Waals surface area contributed by atoms with Crippen LogP contribution in [0.2, 0.25) is 0 Å². The molecule has 0 unspecified atom stereocenters. The maximum absolute atomic E-state index is 12.7. The molecule has 0 atom stereocenters. The number of rotatable bonds is 6. The first-order valence-electron chi connectivity index (χ1n) is 15.8. The summed E-state index contributed by atoms with van der Waals surface area (Å²) in [7, 11) is -4.96. The van der Waals surface area contributed by atoms with E-state index in [4.69, 9.17) is 0 Å². The van der Waals surface area contributed by atoms with Gasteiger partial charge in [0.1, 0.15) is 18.6 Å². The Hall–Kier alpha value is -4.10. The van der Waals surface area contributed by atoms with Crippen molar-refractivity contribution >= 4 is 48.6 Å². The van der Waals surface area contributed by atoms with E-state index in [0.717, 1.165) is 22.2 Å². The van der Waals surface area contributed by atoms with Crippen LogP contribution in [0.15, 0.2) is 60.7 Å². The molecule has 0 aromatic heterocycles. The molecule has 6 rings (SSSR count). The zero-order valence-corrected chi connectivity index (χ0v) is 30.4. The minimum absolute atomic E-state index is 0.0588. The average molecular weight is 706 g/mol. The van der Waals surface area contributed by atoms with Crippen molar-refractivity contribution in [1.29, 1.82) is 0 Å². The van der Waals surface area contributed by atoms with E-state index in [-0.39, 0.29) is 5.56 Å². The third-order valence-electron chi connectivity index (χ3n) is 10.5. The predicted molar refractivity (Wildman–Crippen MR) is 192 cm³/mol. The molecule has 258 valence electrons. The normalized spacial score (nSPS) is 18.9. The van der Waals surface area contributed by atoms with Crippen LogP contribution in [0, 0.1) is 0 Å². The van der Waals surface area contributed by atoms with Gasteiger partial charge >= 0.3 is 5.97 Å². The zero-order valence-electron chi connectivity index (χ0n) is 28.8. The van der Waals surface area contributed by atoms with Crippen molar-refractivity contribution in [2.24, 2.45) is 0 Å². The van der Waals surface area contributed by atoms with Gasteiger partial charge in [0.05, 0.1) is 16.7 Å². The molecule has 0 fully saturated rings. The highest BCUT2D eigenvalue weighted by molar-refractivity contribution is 7.86. The van der Waals surface area contributed by atoms with Gasteiger partial charge in [0.15, 0.2) is 5.54 Å². The lowest BCUT2D eigenvalue weighted by atomic mass is 9.67. The van der Waals surface area contributed by atoms with Gasteiger partial charge in [0, 0.05) is 43.6 Å². The molecule has 0 radical (unpaired) electrons. The molecule has 0 saturated heterocycles. The number of carboxylic acids is 1. The minimum atomic E-state index is -4.41. The van der Waals surface area contributed by atoms with Gasteiger partial charge in [-0.2, -0.15) is 16.8 Å². The van der Waals surface area contributed by atoms with Crippen LogP contribution in [-0.2, 0) is 25.7 Å². The molecule has 3 aromatic rings. The lowest BCUT2D eigenvalue weighted by Crippen LogP contribution is -2.49. The summed E-state index contributed by atoms with van der Waals surface area (Å²) >= 11 is 0. The molecule has 2 aliphatic heterocycles. The van der Waals surface area contributed by atoms with Crippen LogP contribution in [0.25, 0.3) is 16.7 Å². The second-order valence-electron chi connectivity index (χ2n) is 14.9. The Morgan fingerprint density at radius 2 is 1.37 bits per heavy atom. The molecule has 0 saturated carbocycles. The summed E-state index contributed by atoms with van der Waals surface area (Å²) < 4.78 is 71.0. The quantitative estimate of drug-likeness (QED) is 0.256. The van der Waals surface area contributed by atoms with Crippen LogP contribution in [0.3, 0.4) is 0 Å². The number of carboxylic acid groups (broad SMARTS) is 1. The van der Waals surface area contributed by atoms with Crippen LogP contribution in [0.1, 0.15) is 85.3 Å². The third kappa shape index (κ3) is 5.84. The number of hydrogen-bond acceptors (Lipinski definition) is 6. The van der Waals surface area contributed by atoms with E-state index in [2.05, 4.69) is 23.3 Å². The first kappa shape index (κ1) is 34.8. The number of anilines is 1. The van der Waals surface area contributed by atoms with E-state index in [9.17, 15) is 35.8 Å². The summed E-state index contributed by atoms with van der Waals surface area (Å²) in [6, 6.07) is 14.5. The molecule has 3 aromatic carbocycles. The van der Waals surface area contributed by atoms with Crippen LogP contribution in [0.5, 0.6) is 0 Å². The third-order valence-corrected chi connectivity index (χ3v) is 11.8. The highest BCUT2D eigenvalue weighted by Gasteiger charge is 2.41. The van der Waals surface area contributed by atoms with Crippen LogP contribution in [0.4, 0.5) is 5.69 Å². The smallest absolute Gasteiger partial charge is 0.336 e. The van der Waals surface area contributed by atoms with Crippen molar-refractivity contribution in [3.8, 4) is 0 Å². The number of hydrogen-bond donors (Lipinski definition) is 3. The summed E-state index contributed by atoms with van der Waals surface area (Å²) in [5.41, 5.74) is 4.46. The minimum Gasteiger partial charge on any atom is -0.478 e. The Bertz CT molecular complexity index is 2420. The number of likely N-dealkylation sites (N-methyl/N-ethyl adjacent to an activating group) is 2. The maximum Gasteiger partial charge on any atom is 0.336 e. The van der Waals surface area contributed by atoms with Crippen molar-refractivity contribution in [2.45, 2.75) is 58.0 Å². The number of carbonyl (C=O) groups is 1. The summed E-state index contributed by atoms with van der Waals surface area (Å²) in [4.78, 5) is 14.8. The molecule has 49 heavy (non-hydrogen) atoms. The maximum atomic E-state index is 12.7. The molecule has 1 aliphatic carbocycles. The molecular weight excluding hydrogens is 665 g/mol. The Morgan fingerprint density at radius 1 is 0.776 bits per heavy atom. The van der Waals surface area contributed by atoms with Gasteiger partial charge < -0.3 is 10.0 Å². The molecule has 3 aliphatic rings. The van der Waals surface area contributed by atoms with E-state index in [1.54, 1.807) is 18.2 Å². The molecular formula is C37H41N2O8S2+. The van der Waals surface area contributed by atoms with E-state index in [1.807, 2.05) is 78.2 Å².